The second kappa shape index (κ2) is 6.39. The molecule has 1 aromatic rings. The third-order valence-electron chi connectivity index (χ3n) is 2.93. The molecule has 0 fully saturated rings. The number of hydrogen-bond acceptors (Lipinski definition) is 1. The van der Waals surface area contributed by atoms with E-state index in [4.69, 9.17) is 0 Å². The summed E-state index contributed by atoms with van der Waals surface area (Å²) in [6, 6.07) is 10.5. The quantitative estimate of drug-likeness (QED) is 0.686. The lowest BCUT2D eigenvalue weighted by Gasteiger charge is -2.14. The summed E-state index contributed by atoms with van der Waals surface area (Å²) < 4.78 is 0. The number of carbonyl (C=O) groups is 1. The topological polar surface area (TPSA) is 17.1 Å². The van der Waals surface area contributed by atoms with E-state index >= 15 is 0 Å². The van der Waals surface area contributed by atoms with Gasteiger partial charge in [0.05, 0.1) is 0 Å². The van der Waals surface area contributed by atoms with E-state index in [0.29, 0.717) is 18.1 Å². The molecule has 0 saturated heterocycles. The maximum absolute atomic E-state index is 11.3. The van der Waals surface area contributed by atoms with Gasteiger partial charge in [-0.15, -0.1) is 0 Å². The van der Waals surface area contributed by atoms with Gasteiger partial charge < -0.3 is 0 Å². The Balaban J connectivity index is 2.53. The normalized spacial score (nSPS) is 12.4. The highest BCUT2D eigenvalue weighted by molar-refractivity contribution is 5.78. The van der Waals surface area contributed by atoms with E-state index in [-0.39, 0.29) is 0 Å². The van der Waals surface area contributed by atoms with Crippen LogP contribution in [0.15, 0.2) is 30.3 Å². The van der Waals surface area contributed by atoms with Crippen LogP contribution in [0.25, 0.3) is 0 Å². The molecule has 1 atom stereocenters. The van der Waals surface area contributed by atoms with Crippen LogP contribution < -0.4 is 0 Å². The second-order valence-electron chi connectivity index (χ2n) is 3.95. The minimum absolute atomic E-state index is 0.379. The van der Waals surface area contributed by atoms with E-state index in [1.165, 1.54) is 5.56 Å². The molecule has 0 N–H and O–H groups in total. The van der Waals surface area contributed by atoms with Crippen molar-refractivity contribution in [3.8, 4) is 0 Å². The van der Waals surface area contributed by atoms with Crippen LogP contribution in [0, 0.1) is 0 Å². The van der Waals surface area contributed by atoms with Crippen molar-refractivity contribution in [1.82, 2.24) is 0 Å². The number of benzene rings is 1. The number of ketones is 1. The van der Waals surface area contributed by atoms with Gasteiger partial charge in [-0.2, -0.15) is 0 Å². The number of Topliss-reactive ketones (excluding diaryl/α,β-unsaturated/α-hetero) is 1. The first-order valence-electron chi connectivity index (χ1n) is 5.84. The minimum atomic E-state index is 0.379. The van der Waals surface area contributed by atoms with Gasteiger partial charge in [0.1, 0.15) is 5.78 Å². The fraction of sp³-hybridized carbons (Fsp3) is 0.500. The minimum Gasteiger partial charge on any atom is -0.300 e. The molecular formula is C14H20O. The zero-order valence-corrected chi connectivity index (χ0v) is 9.70. The molecule has 1 nitrogen and oxygen atoms in total. The summed E-state index contributed by atoms with van der Waals surface area (Å²) in [6.07, 6.45) is 3.50. The van der Waals surface area contributed by atoms with E-state index in [1.54, 1.807) is 0 Å². The Morgan fingerprint density at radius 2 is 1.87 bits per heavy atom. The van der Waals surface area contributed by atoms with E-state index in [1.807, 2.05) is 13.0 Å². The van der Waals surface area contributed by atoms with Gasteiger partial charge in [-0.05, 0) is 24.3 Å². The number of hydrogen-bond donors (Lipinski definition) is 0. The lowest BCUT2D eigenvalue weighted by Crippen LogP contribution is -2.02. The Kier molecular flexibility index (Phi) is 5.09. The molecule has 0 aromatic heterocycles. The molecule has 0 aliphatic heterocycles. The van der Waals surface area contributed by atoms with Crippen molar-refractivity contribution < 1.29 is 4.79 Å². The second-order valence-corrected chi connectivity index (χ2v) is 3.95. The maximum atomic E-state index is 11.3. The molecule has 0 aliphatic carbocycles. The van der Waals surface area contributed by atoms with Crippen LogP contribution in [-0.2, 0) is 4.79 Å². The molecule has 0 saturated carbocycles. The van der Waals surface area contributed by atoms with Crippen LogP contribution in [0.5, 0.6) is 0 Å². The van der Waals surface area contributed by atoms with Crippen molar-refractivity contribution in [2.75, 3.05) is 0 Å². The standard InChI is InChI=1S/C14H20O/c1-3-12(10-11-14(15)4-2)13-8-6-5-7-9-13/h5-9,12H,3-4,10-11H2,1-2H3. The van der Waals surface area contributed by atoms with E-state index < -0.39 is 0 Å². The van der Waals surface area contributed by atoms with Crippen LogP contribution in [0.1, 0.15) is 51.0 Å². The van der Waals surface area contributed by atoms with Gasteiger partial charge in [0.15, 0.2) is 0 Å². The van der Waals surface area contributed by atoms with Gasteiger partial charge in [0, 0.05) is 12.8 Å². The largest absolute Gasteiger partial charge is 0.300 e. The highest BCUT2D eigenvalue weighted by Gasteiger charge is 2.10. The fourth-order valence-electron chi connectivity index (χ4n) is 1.84. The van der Waals surface area contributed by atoms with Gasteiger partial charge in [-0.3, -0.25) is 4.79 Å². The first-order chi connectivity index (χ1) is 7.27. The lowest BCUT2D eigenvalue weighted by molar-refractivity contribution is -0.118. The van der Waals surface area contributed by atoms with Gasteiger partial charge in [-0.25, -0.2) is 0 Å². The third-order valence-corrected chi connectivity index (χ3v) is 2.93. The molecule has 0 bridgehead atoms. The summed E-state index contributed by atoms with van der Waals surface area (Å²) in [6.45, 7) is 4.12. The van der Waals surface area contributed by atoms with Crippen molar-refractivity contribution in [1.29, 1.82) is 0 Å². The van der Waals surface area contributed by atoms with Crippen molar-refractivity contribution in [2.45, 2.75) is 45.4 Å². The van der Waals surface area contributed by atoms with Crippen molar-refractivity contribution in [3.63, 3.8) is 0 Å². The molecule has 0 heterocycles. The molecule has 1 unspecified atom stereocenters. The Morgan fingerprint density at radius 3 is 2.40 bits per heavy atom. The Bertz CT molecular complexity index is 289. The summed E-state index contributed by atoms with van der Waals surface area (Å²) in [4.78, 5) is 11.3. The fourth-order valence-corrected chi connectivity index (χ4v) is 1.84. The highest BCUT2D eigenvalue weighted by Crippen LogP contribution is 2.24. The van der Waals surface area contributed by atoms with Crippen LogP contribution in [-0.4, -0.2) is 5.78 Å². The Labute approximate surface area is 92.5 Å². The van der Waals surface area contributed by atoms with Crippen LogP contribution >= 0.6 is 0 Å². The first-order valence-corrected chi connectivity index (χ1v) is 5.84. The highest BCUT2D eigenvalue weighted by atomic mass is 16.1. The number of carbonyl (C=O) groups excluding carboxylic acids is 1. The summed E-state index contributed by atoms with van der Waals surface area (Å²) in [5.41, 5.74) is 1.36. The summed E-state index contributed by atoms with van der Waals surface area (Å²) in [5, 5.41) is 0. The molecule has 0 aliphatic rings. The smallest absolute Gasteiger partial charge is 0.132 e. The Morgan fingerprint density at radius 1 is 1.20 bits per heavy atom. The molecule has 82 valence electrons. The average Bonchev–Trinajstić information content (AvgIpc) is 2.31. The molecule has 0 radical (unpaired) electrons. The van der Waals surface area contributed by atoms with Crippen molar-refractivity contribution in [2.24, 2.45) is 0 Å². The summed E-state index contributed by atoms with van der Waals surface area (Å²) in [5.74, 6) is 0.922. The van der Waals surface area contributed by atoms with Gasteiger partial charge >= 0.3 is 0 Å². The molecule has 0 spiro atoms. The third kappa shape index (κ3) is 3.86. The molecule has 1 rings (SSSR count). The SMILES string of the molecule is CCC(=O)CCC(CC)c1ccccc1. The predicted octanol–water partition coefficient (Wildman–Crippen LogP) is 3.94. The van der Waals surface area contributed by atoms with E-state index in [9.17, 15) is 4.79 Å². The summed E-state index contributed by atoms with van der Waals surface area (Å²) >= 11 is 0. The average molecular weight is 204 g/mol. The molecule has 1 heteroatoms. The van der Waals surface area contributed by atoms with Gasteiger partial charge in [0.2, 0.25) is 0 Å². The molecular weight excluding hydrogens is 184 g/mol. The molecule has 0 amide bonds. The number of rotatable bonds is 6. The zero-order valence-electron chi connectivity index (χ0n) is 9.70. The lowest BCUT2D eigenvalue weighted by atomic mass is 9.91. The summed E-state index contributed by atoms with van der Waals surface area (Å²) in [7, 11) is 0. The van der Waals surface area contributed by atoms with Crippen molar-refractivity contribution in [3.05, 3.63) is 35.9 Å². The van der Waals surface area contributed by atoms with E-state index in [2.05, 4.69) is 31.2 Å². The van der Waals surface area contributed by atoms with Gasteiger partial charge in [-0.1, -0.05) is 44.2 Å². The van der Waals surface area contributed by atoms with Gasteiger partial charge in [0.25, 0.3) is 0 Å². The molecule has 15 heavy (non-hydrogen) atoms. The Hall–Kier alpha value is -1.11. The van der Waals surface area contributed by atoms with Crippen LogP contribution in [0.3, 0.4) is 0 Å². The molecule has 1 aromatic carbocycles. The maximum Gasteiger partial charge on any atom is 0.132 e. The predicted molar refractivity (Wildman–Crippen MR) is 64.0 cm³/mol. The van der Waals surface area contributed by atoms with Crippen molar-refractivity contribution >= 4 is 5.78 Å². The monoisotopic (exact) mass is 204 g/mol. The van der Waals surface area contributed by atoms with Crippen LogP contribution in [0.2, 0.25) is 0 Å². The van der Waals surface area contributed by atoms with E-state index in [0.717, 1.165) is 19.3 Å². The first kappa shape index (κ1) is 12.0. The zero-order chi connectivity index (χ0) is 11.1. The van der Waals surface area contributed by atoms with Crippen LogP contribution in [0.4, 0.5) is 0 Å².